The quantitative estimate of drug-likeness (QED) is 0.449. The number of hydrogen-bond acceptors (Lipinski definition) is 4. The first-order valence-corrected chi connectivity index (χ1v) is 4.05. The summed E-state index contributed by atoms with van der Waals surface area (Å²) in [6.07, 6.45) is 1.07. The molecule has 0 aromatic rings. The first-order valence-electron chi connectivity index (χ1n) is 4.05. The number of hydroxylamine groups is 1. The van der Waals surface area contributed by atoms with Crippen LogP contribution in [-0.4, -0.2) is 48.0 Å². The van der Waals surface area contributed by atoms with Crippen molar-refractivity contribution in [1.82, 2.24) is 10.4 Å². The fourth-order valence-corrected chi connectivity index (χ4v) is 1.00. The summed E-state index contributed by atoms with van der Waals surface area (Å²) in [6, 6.07) is 0. The molecule has 0 radical (unpaired) electrons. The van der Waals surface area contributed by atoms with Crippen molar-refractivity contribution in [3.63, 3.8) is 0 Å². The molecule has 0 saturated carbocycles. The van der Waals surface area contributed by atoms with Crippen LogP contribution in [0.1, 0.15) is 13.3 Å². The summed E-state index contributed by atoms with van der Waals surface area (Å²) < 4.78 is 0. The molecule has 0 amide bonds. The zero-order valence-corrected chi connectivity index (χ0v) is 7.08. The van der Waals surface area contributed by atoms with E-state index in [2.05, 4.69) is 17.3 Å². The fraction of sp³-hybridized carbons (Fsp3) is 1.00. The van der Waals surface area contributed by atoms with Crippen LogP contribution in [0.15, 0.2) is 0 Å². The molecule has 0 fully saturated rings. The molecule has 0 unspecified atom stereocenters. The minimum Gasteiger partial charge on any atom is -0.395 e. The van der Waals surface area contributed by atoms with Gasteiger partial charge < -0.3 is 10.3 Å². The molecule has 4 nitrogen and oxygen atoms in total. The summed E-state index contributed by atoms with van der Waals surface area (Å²) in [5.74, 6) is 0. The highest BCUT2D eigenvalue weighted by molar-refractivity contribution is 4.55. The van der Waals surface area contributed by atoms with Gasteiger partial charge in [-0.05, 0) is 13.0 Å². The number of nitrogens with one attached hydrogen (secondary N) is 1. The highest BCUT2D eigenvalue weighted by atomic mass is 16.5. The lowest BCUT2D eigenvalue weighted by Crippen LogP contribution is -2.33. The van der Waals surface area contributed by atoms with Gasteiger partial charge in [0, 0.05) is 19.6 Å². The smallest absolute Gasteiger partial charge is 0.0558 e. The molecule has 0 rings (SSSR count). The Hall–Kier alpha value is -0.160. The third-order valence-electron chi connectivity index (χ3n) is 1.50. The van der Waals surface area contributed by atoms with Gasteiger partial charge in [0.1, 0.15) is 0 Å². The molecular weight excluding hydrogens is 144 g/mol. The molecule has 11 heavy (non-hydrogen) atoms. The lowest BCUT2D eigenvalue weighted by Gasteiger charge is -2.19. The predicted octanol–water partition coefficient (Wildman–Crippen LogP) is -0.330. The molecule has 0 heterocycles. The van der Waals surface area contributed by atoms with Crippen LogP contribution < -0.4 is 5.48 Å². The van der Waals surface area contributed by atoms with Gasteiger partial charge in [0.25, 0.3) is 0 Å². The Labute approximate surface area is 67.8 Å². The average Bonchev–Trinajstić information content (AvgIpc) is 2.01. The molecule has 0 atom stereocenters. The van der Waals surface area contributed by atoms with E-state index in [9.17, 15) is 0 Å². The zero-order valence-electron chi connectivity index (χ0n) is 7.08. The standard InChI is InChI=1S/C7H18N2O2/c1-2-4-9(6-7-10)5-3-8-11/h8,10-11H,2-7H2,1H3. The molecule has 0 aliphatic rings. The molecule has 0 aliphatic heterocycles. The number of aliphatic hydroxyl groups excluding tert-OH is 1. The minimum atomic E-state index is 0.186. The molecule has 0 aliphatic carbocycles. The normalized spacial score (nSPS) is 10.9. The van der Waals surface area contributed by atoms with Crippen molar-refractivity contribution in [2.24, 2.45) is 0 Å². The molecule has 0 aromatic heterocycles. The van der Waals surface area contributed by atoms with Gasteiger partial charge in [0.15, 0.2) is 0 Å². The van der Waals surface area contributed by atoms with Crippen LogP contribution in [0.25, 0.3) is 0 Å². The van der Waals surface area contributed by atoms with E-state index in [1.54, 1.807) is 0 Å². The topological polar surface area (TPSA) is 55.7 Å². The SMILES string of the molecule is CCCN(CCO)CCNO. The van der Waals surface area contributed by atoms with Gasteiger partial charge >= 0.3 is 0 Å². The first kappa shape index (κ1) is 10.8. The van der Waals surface area contributed by atoms with Crippen LogP contribution in [0.5, 0.6) is 0 Å². The summed E-state index contributed by atoms with van der Waals surface area (Å²) in [5.41, 5.74) is 2.09. The Morgan fingerprint density at radius 2 is 2.00 bits per heavy atom. The predicted molar refractivity (Wildman–Crippen MR) is 43.6 cm³/mol. The van der Waals surface area contributed by atoms with Gasteiger partial charge in [0.05, 0.1) is 6.61 Å². The molecule has 0 bridgehead atoms. The molecular formula is C7H18N2O2. The number of rotatable bonds is 7. The van der Waals surface area contributed by atoms with Gasteiger partial charge in [0.2, 0.25) is 0 Å². The van der Waals surface area contributed by atoms with E-state index in [4.69, 9.17) is 10.3 Å². The number of nitrogens with zero attached hydrogens (tertiary/aromatic N) is 1. The van der Waals surface area contributed by atoms with Gasteiger partial charge in [-0.15, -0.1) is 0 Å². The third kappa shape index (κ3) is 6.25. The van der Waals surface area contributed by atoms with Crippen molar-refractivity contribution in [2.75, 3.05) is 32.8 Å². The van der Waals surface area contributed by atoms with Gasteiger partial charge in [-0.3, -0.25) is 4.90 Å². The Kier molecular flexibility index (Phi) is 7.83. The van der Waals surface area contributed by atoms with Crippen LogP contribution in [0.4, 0.5) is 0 Å². The molecule has 4 heteroatoms. The second-order valence-corrected chi connectivity index (χ2v) is 2.47. The van der Waals surface area contributed by atoms with Crippen LogP contribution in [0.2, 0.25) is 0 Å². The number of aliphatic hydroxyl groups is 1. The Morgan fingerprint density at radius 3 is 2.45 bits per heavy atom. The highest BCUT2D eigenvalue weighted by Gasteiger charge is 2.00. The summed E-state index contributed by atoms with van der Waals surface area (Å²) in [5, 5.41) is 17.0. The average molecular weight is 162 g/mol. The second-order valence-electron chi connectivity index (χ2n) is 2.47. The summed E-state index contributed by atoms with van der Waals surface area (Å²) in [7, 11) is 0. The van der Waals surface area contributed by atoms with Crippen molar-refractivity contribution < 1.29 is 10.3 Å². The minimum absolute atomic E-state index is 0.186. The fourth-order valence-electron chi connectivity index (χ4n) is 1.00. The van der Waals surface area contributed by atoms with Crippen molar-refractivity contribution in [1.29, 1.82) is 0 Å². The zero-order chi connectivity index (χ0) is 8.53. The Morgan fingerprint density at radius 1 is 1.27 bits per heavy atom. The third-order valence-corrected chi connectivity index (χ3v) is 1.50. The Bertz CT molecular complexity index is 74.8. The van der Waals surface area contributed by atoms with Crippen LogP contribution in [0, 0.1) is 0 Å². The maximum absolute atomic E-state index is 8.64. The van der Waals surface area contributed by atoms with Crippen LogP contribution in [0.3, 0.4) is 0 Å². The lowest BCUT2D eigenvalue weighted by atomic mass is 10.4. The van der Waals surface area contributed by atoms with E-state index in [1.807, 2.05) is 0 Å². The molecule has 0 aromatic carbocycles. The van der Waals surface area contributed by atoms with E-state index < -0.39 is 0 Å². The van der Waals surface area contributed by atoms with E-state index in [0.717, 1.165) is 19.5 Å². The van der Waals surface area contributed by atoms with Gasteiger partial charge in [-0.2, -0.15) is 0 Å². The van der Waals surface area contributed by atoms with E-state index in [-0.39, 0.29) is 6.61 Å². The van der Waals surface area contributed by atoms with Gasteiger partial charge in [-0.25, -0.2) is 5.48 Å². The maximum Gasteiger partial charge on any atom is 0.0558 e. The monoisotopic (exact) mass is 162 g/mol. The van der Waals surface area contributed by atoms with Crippen LogP contribution in [-0.2, 0) is 0 Å². The van der Waals surface area contributed by atoms with Crippen molar-refractivity contribution in [3.05, 3.63) is 0 Å². The van der Waals surface area contributed by atoms with E-state index in [1.165, 1.54) is 0 Å². The first-order chi connectivity index (χ1) is 5.35. The highest BCUT2D eigenvalue weighted by Crippen LogP contribution is 1.88. The molecule has 3 N–H and O–H groups in total. The summed E-state index contributed by atoms with van der Waals surface area (Å²) in [4.78, 5) is 2.10. The number of hydrogen-bond donors (Lipinski definition) is 3. The van der Waals surface area contributed by atoms with Crippen molar-refractivity contribution in [3.8, 4) is 0 Å². The summed E-state index contributed by atoms with van der Waals surface area (Å²) in [6.45, 7) is 5.28. The lowest BCUT2D eigenvalue weighted by molar-refractivity contribution is 0.136. The molecule has 68 valence electrons. The molecule has 0 saturated heterocycles. The van der Waals surface area contributed by atoms with E-state index in [0.29, 0.717) is 13.1 Å². The maximum atomic E-state index is 8.64. The van der Waals surface area contributed by atoms with Crippen LogP contribution >= 0.6 is 0 Å². The molecule has 0 spiro atoms. The summed E-state index contributed by atoms with van der Waals surface area (Å²) >= 11 is 0. The van der Waals surface area contributed by atoms with Crippen molar-refractivity contribution in [2.45, 2.75) is 13.3 Å². The van der Waals surface area contributed by atoms with Gasteiger partial charge in [-0.1, -0.05) is 6.92 Å². The van der Waals surface area contributed by atoms with Crippen molar-refractivity contribution >= 4 is 0 Å². The Balaban J connectivity index is 3.34. The second kappa shape index (κ2) is 7.94. The largest absolute Gasteiger partial charge is 0.395 e. The van der Waals surface area contributed by atoms with E-state index >= 15 is 0 Å².